The molecule has 0 amide bonds. The Kier molecular flexibility index (Phi) is 4.30. The second-order valence-corrected chi connectivity index (χ2v) is 4.15. The molecule has 0 unspecified atom stereocenters. The lowest BCUT2D eigenvalue weighted by Gasteiger charge is -2.27. The molecule has 3 N–H and O–H groups in total. The van der Waals surface area contributed by atoms with Gasteiger partial charge in [-0.25, -0.2) is 5.90 Å². The Hall–Kier alpha value is -0.940. The zero-order valence-electron chi connectivity index (χ0n) is 9.48. The first kappa shape index (κ1) is 11.5. The molecule has 0 atom stereocenters. The lowest BCUT2D eigenvalue weighted by Crippen LogP contribution is -2.42. The van der Waals surface area contributed by atoms with Gasteiger partial charge in [0.25, 0.3) is 0 Å². The van der Waals surface area contributed by atoms with Crippen LogP contribution in [0.3, 0.4) is 0 Å². The van der Waals surface area contributed by atoms with Crippen LogP contribution in [0, 0.1) is 0 Å². The van der Waals surface area contributed by atoms with Gasteiger partial charge in [0.1, 0.15) is 0 Å². The van der Waals surface area contributed by atoms with Gasteiger partial charge in [-0.2, -0.15) is 0 Å². The first-order valence-electron chi connectivity index (χ1n) is 5.71. The van der Waals surface area contributed by atoms with Crippen molar-refractivity contribution in [2.75, 3.05) is 26.2 Å². The fourth-order valence-electron chi connectivity index (χ4n) is 1.96. The molecule has 4 heteroatoms. The Labute approximate surface area is 96.3 Å². The predicted octanol–water partition coefficient (Wildman–Crippen LogP) is 0.482. The van der Waals surface area contributed by atoms with Crippen LogP contribution in [0.2, 0.25) is 0 Å². The number of nitrogens with zero attached hydrogens (tertiary/aromatic N) is 1. The number of benzene rings is 1. The van der Waals surface area contributed by atoms with E-state index in [0.717, 1.165) is 38.3 Å². The monoisotopic (exact) mass is 221 g/mol. The summed E-state index contributed by atoms with van der Waals surface area (Å²) in [7, 11) is 0. The highest BCUT2D eigenvalue weighted by Gasteiger charge is 2.09. The van der Waals surface area contributed by atoms with Gasteiger partial charge in [-0.05, 0) is 11.1 Å². The molecular weight excluding hydrogens is 202 g/mol. The number of piperazine rings is 1. The summed E-state index contributed by atoms with van der Waals surface area (Å²) in [6.07, 6.45) is 0. The van der Waals surface area contributed by atoms with Gasteiger partial charge in [0.05, 0.1) is 6.61 Å². The van der Waals surface area contributed by atoms with Gasteiger partial charge in [0.2, 0.25) is 0 Å². The second-order valence-electron chi connectivity index (χ2n) is 4.15. The van der Waals surface area contributed by atoms with Crippen molar-refractivity contribution in [2.45, 2.75) is 13.2 Å². The molecule has 88 valence electrons. The lowest BCUT2D eigenvalue weighted by atomic mass is 10.1. The van der Waals surface area contributed by atoms with Crippen molar-refractivity contribution in [3.63, 3.8) is 0 Å². The summed E-state index contributed by atoms with van der Waals surface area (Å²) in [5.41, 5.74) is 2.47. The number of hydrogen-bond acceptors (Lipinski definition) is 4. The molecule has 1 aromatic carbocycles. The van der Waals surface area contributed by atoms with Gasteiger partial charge in [-0.3, -0.25) is 9.74 Å². The van der Waals surface area contributed by atoms with Gasteiger partial charge in [-0.15, -0.1) is 0 Å². The van der Waals surface area contributed by atoms with Crippen LogP contribution in [0.5, 0.6) is 0 Å². The molecule has 0 radical (unpaired) electrons. The lowest BCUT2D eigenvalue weighted by molar-refractivity contribution is 0.124. The van der Waals surface area contributed by atoms with Crippen LogP contribution in [0.15, 0.2) is 24.3 Å². The van der Waals surface area contributed by atoms with Crippen LogP contribution >= 0.6 is 0 Å². The smallest absolute Gasteiger partial charge is 0.0930 e. The summed E-state index contributed by atoms with van der Waals surface area (Å²) in [5, 5.41) is 3.35. The molecule has 16 heavy (non-hydrogen) atoms. The highest BCUT2D eigenvalue weighted by molar-refractivity contribution is 5.22. The van der Waals surface area contributed by atoms with E-state index in [9.17, 15) is 0 Å². The molecule has 2 rings (SSSR count). The van der Waals surface area contributed by atoms with Crippen LogP contribution in [0.4, 0.5) is 0 Å². The third kappa shape index (κ3) is 3.28. The Morgan fingerprint density at radius 1 is 1.12 bits per heavy atom. The molecule has 1 aliphatic rings. The van der Waals surface area contributed by atoms with Crippen molar-refractivity contribution in [1.82, 2.24) is 10.2 Å². The summed E-state index contributed by atoms with van der Waals surface area (Å²) in [4.78, 5) is 7.06. The quantitative estimate of drug-likeness (QED) is 0.726. The van der Waals surface area contributed by atoms with E-state index in [2.05, 4.69) is 39.3 Å². The maximum Gasteiger partial charge on any atom is 0.0930 e. The van der Waals surface area contributed by atoms with Crippen LogP contribution in [-0.4, -0.2) is 31.1 Å². The second kappa shape index (κ2) is 5.96. The molecule has 1 aliphatic heterocycles. The number of rotatable bonds is 4. The summed E-state index contributed by atoms with van der Waals surface area (Å²) in [6, 6.07) is 8.45. The van der Waals surface area contributed by atoms with Crippen LogP contribution in [0.1, 0.15) is 11.1 Å². The van der Waals surface area contributed by atoms with Gasteiger partial charge in [0, 0.05) is 32.7 Å². The first-order valence-corrected chi connectivity index (χ1v) is 5.71. The third-order valence-corrected chi connectivity index (χ3v) is 2.89. The topological polar surface area (TPSA) is 50.5 Å². The highest BCUT2D eigenvalue weighted by atomic mass is 16.6. The minimum Gasteiger partial charge on any atom is -0.314 e. The predicted molar refractivity (Wildman–Crippen MR) is 63.6 cm³/mol. The van der Waals surface area contributed by atoms with Crippen molar-refractivity contribution in [2.24, 2.45) is 5.90 Å². The summed E-state index contributed by atoms with van der Waals surface area (Å²) in [5.74, 6) is 5.03. The van der Waals surface area contributed by atoms with E-state index in [1.807, 2.05) is 0 Å². The minimum absolute atomic E-state index is 0.480. The fraction of sp³-hybridized carbons (Fsp3) is 0.500. The zero-order chi connectivity index (χ0) is 11.2. The van der Waals surface area contributed by atoms with Crippen molar-refractivity contribution < 1.29 is 4.84 Å². The van der Waals surface area contributed by atoms with Crippen LogP contribution < -0.4 is 11.2 Å². The maximum atomic E-state index is 5.03. The van der Waals surface area contributed by atoms with Crippen LogP contribution in [-0.2, 0) is 18.0 Å². The highest BCUT2D eigenvalue weighted by Crippen LogP contribution is 2.08. The first-order chi connectivity index (χ1) is 7.88. The van der Waals surface area contributed by atoms with Crippen molar-refractivity contribution in [3.05, 3.63) is 35.4 Å². The third-order valence-electron chi connectivity index (χ3n) is 2.89. The zero-order valence-corrected chi connectivity index (χ0v) is 9.48. The number of nitrogens with two attached hydrogens (primary N) is 1. The van der Waals surface area contributed by atoms with Gasteiger partial charge in [-0.1, -0.05) is 24.3 Å². The minimum atomic E-state index is 0.480. The van der Waals surface area contributed by atoms with E-state index in [1.165, 1.54) is 5.56 Å². The van der Waals surface area contributed by atoms with Crippen molar-refractivity contribution >= 4 is 0 Å². The normalized spacial score (nSPS) is 17.6. The van der Waals surface area contributed by atoms with Gasteiger partial charge >= 0.3 is 0 Å². The molecule has 1 saturated heterocycles. The molecular formula is C12H19N3O. The van der Waals surface area contributed by atoms with E-state index in [1.54, 1.807) is 0 Å². The molecule has 0 spiro atoms. The molecule has 0 bridgehead atoms. The van der Waals surface area contributed by atoms with E-state index in [-0.39, 0.29) is 0 Å². The summed E-state index contributed by atoms with van der Waals surface area (Å²) >= 11 is 0. The standard InChI is InChI=1S/C12H19N3O/c13-16-10-12-3-1-11(2-4-12)9-15-7-5-14-6-8-15/h1-4,14H,5-10,13H2. The summed E-state index contributed by atoms with van der Waals surface area (Å²) in [6.45, 7) is 5.97. The van der Waals surface area contributed by atoms with E-state index in [0.29, 0.717) is 6.61 Å². The average Bonchev–Trinajstić information content (AvgIpc) is 2.33. The Bertz CT molecular complexity index is 307. The number of hydrogen-bond donors (Lipinski definition) is 2. The molecule has 4 nitrogen and oxygen atoms in total. The van der Waals surface area contributed by atoms with Crippen LogP contribution in [0.25, 0.3) is 0 Å². The largest absolute Gasteiger partial charge is 0.314 e. The molecule has 1 fully saturated rings. The SMILES string of the molecule is NOCc1ccc(CN2CCNCC2)cc1. The Morgan fingerprint density at radius 3 is 2.38 bits per heavy atom. The molecule has 0 saturated carbocycles. The van der Waals surface area contributed by atoms with E-state index >= 15 is 0 Å². The Balaban J connectivity index is 1.88. The summed E-state index contributed by atoms with van der Waals surface area (Å²) < 4.78 is 0. The fourth-order valence-corrected chi connectivity index (χ4v) is 1.96. The van der Waals surface area contributed by atoms with Gasteiger partial charge in [0.15, 0.2) is 0 Å². The number of nitrogens with one attached hydrogen (secondary N) is 1. The molecule has 0 aliphatic carbocycles. The van der Waals surface area contributed by atoms with E-state index < -0.39 is 0 Å². The van der Waals surface area contributed by atoms with Crippen molar-refractivity contribution in [1.29, 1.82) is 0 Å². The molecule has 1 aromatic rings. The Morgan fingerprint density at radius 2 is 1.75 bits per heavy atom. The van der Waals surface area contributed by atoms with Gasteiger partial charge < -0.3 is 5.32 Å². The average molecular weight is 221 g/mol. The van der Waals surface area contributed by atoms with Crippen molar-refractivity contribution in [3.8, 4) is 0 Å². The maximum absolute atomic E-state index is 5.03. The molecule has 0 aromatic heterocycles. The van der Waals surface area contributed by atoms with E-state index in [4.69, 9.17) is 5.90 Å². The molecule has 1 heterocycles.